The average Bonchev–Trinajstić information content (AvgIpc) is 3.13. The van der Waals surface area contributed by atoms with Crippen molar-refractivity contribution in [3.63, 3.8) is 0 Å². The molecule has 0 saturated heterocycles. The van der Waals surface area contributed by atoms with E-state index in [1.54, 1.807) is 0 Å². The molecule has 0 aliphatic heterocycles. The summed E-state index contributed by atoms with van der Waals surface area (Å²) in [6, 6.07) is 4.69. The summed E-state index contributed by atoms with van der Waals surface area (Å²) in [6.07, 6.45) is -6.02. The number of rotatable bonds is 4. The normalized spacial score (nSPS) is 12.2. The number of halogens is 7. The lowest BCUT2D eigenvalue weighted by atomic mass is 10.2. The second-order valence-electron chi connectivity index (χ2n) is 5.23. The van der Waals surface area contributed by atoms with Gasteiger partial charge < -0.3 is 9.72 Å². The van der Waals surface area contributed by atoms with Gasteiger partial charge in [-0.3, -0.25) is 4.79 Å². The smallest absolute Gasteiger partial charge is 0.449 e. The quantitative estimate of drug-likeness (QED) is 0.514. The summed E-state index contributed by atoms with van der Waals surface area (Å²) in [4.78, 5) is 17.6. The Bertz CT molecular complexity index is 1070. The average molecular weight is 458 g/mol. The van der Waals surface area contributed by atoms with E-state index in [1.165, 1.54) is 17.5 Å². The number of nitrogens with one attached hydrogen (secondary N) is 1. The van der Waals surface area contributed by atoms with Crippen LogP contribution >= 0.6 is 34.7 Å². The van der Waals surface area contributed by atoms with Crippen molar-refractivity contribution in [3.05, 3.63) is 55.7 Å². The molecule has 3 rings (SSSR count). The van der Waals surface area contributed by atoms with E-state index in [9.17, 15) is 26.7 Å². The molecule has 3 aromatic rings. The molecule has 0 aliphatic carbocycles. The van der Waals surface area contributed by atoms with E-state index in [1.807, 2.05) is 0 Å². The summed E-state index contributed by atoms with van der Waals surface area (Å²) in [5, 5.41) is 1.45. The molecule has 0 aliphatic rings. The molecule has 5 nitrogen and oxygen atoms in total. The minimum absolute atomic E-state index is 0.0632. The third-order valence-corrected chi connectivity index (χ3v) is 4.62. The molecule has 148 valence electrons. The van der Waals surface area contributed by atoms with Gasteiger partial charge in [0.1, 0.15) is 11.4 Å². The Morgan fingerprint density at radius 2 is 1.79 bits per heavy atom. The molecule has 0 spiro atoms. The van der Waals surface area contributed by atoms with Crippen molar-refractivity contribution in [1.29, 1.82) is 0 Å². The second kappa shape index (κ2) is 7.30. The highest BCUT2D eigenvalue weighted by Gasteiger charge is 2.62. The number of hydrogen-bond acceptors (Lipinski definition) is 5. The predicted octanol–water partition coefficient (Wildman–Crippen LogP) is 5.65. The number of alkyl halides is 5. The van der Waals surface area contributed by atoms with Crippen molar-refractivity contribution >= 4 is 34.7 Å². The van der Waals surface area contributed by atoms with Gasteiger partial charge in [-0.2, -0.15) is 26.3 Å². The number of benzene rings is 1. The van der Waals surface area contributed by atoms with Crippen molar-refractivity contribution in [1.82, 2.24) is 14.3 Å². The van der Waals surface area contributed by atoms with E-state index >= 15 is 0 Å². The van der Waals surface area contributed by atoms with E-state index < -0.39 is 34.9 Å². The largest absolute Gasteiger partial charge is 0.459 e. The van der Waals surface area contributed by atoms with Crippen LogP contribution < -0.4 is 10.3 Å². The van der Waals surface area contributed by atoms with E-state index in [-0.39, 0.29) is 21.5 Å². The molecule has 0 fully saturated rings. The van der Waals surface area contributed by atoms with Crippen LogP contribution in [0.15, 0.2) is 34.4 Å². The Morgan fingerprint density at radius 3 is 2.36 bits per heavy atom. The summed E-state index contributed by atoms with van der Waals surface area (Å²) in [5.41, 5.74) is -3.34. The molecule has 0 atom stereocenters. The molecular weight excluding hydrogens is 452 g/mol. The van der Waals surface area contributed by atoms with Crippen molar-refractivity contribution in [2.24, 2.45) is 0 Å². The number of aromatic nitrogens is 3. The molecule has 0 unspecified atom stereocenters. The molecule has 1 N–H and O–H groups in total. The van der Waals surface area contributed by atoms with Crippen molar-refractivity contribution in [2.45, 2.75) is 12.1 Å². The zero-order valence-corrected chi connectivity index (χ0v) is 15.5. The lowest BCUT2D eigenvalue weighted by Gasteiger charge is -2.21. The van der Waals surface area contributed by atoms with E-state index in [4.69, 9.17) is 27.9 Å². The fraction of sp³-hybridized carbons (Fsp3) is 0.133. The van der Waals surface area contributed by atoms with Crippen molar-refractivity contribution < 1.29 is 26.7 Å². The van der Waals surface area contributed by atoms with Gasteiger partial charge in [0.05, 0.1) is 10.0 Å². The molecular formula is C15H6Cl2F5N3O2S. The first-order chi connectivity index (χ1) is 13.0. The van der Waals surface area contributed by atoms with Gasteiger partial charge >= 0.3 is 12.1 Å². The SMILES string of the molecule is O=c1[nH]c(-c2ccsn2)nc(C(F)(F)C(F)(F)F)c1Oc1ccc(Cl)c(Cl)c1. The summed E-state index contributed by atoms with van der Waals surface area (Å²) in [6.45, 7) is 0. The van der Waals surface area contributed by atoms with Crippen LogP contribution in [-0.4, -0.2) is 20.5 Å². The summed E-state index contributed by atoms with van der Waals surface area (Å²) in [7, 11) is 0. The Balaban J connectivity index is 2.20. The van der Waals surface area contributed by atoms with Gasteiger partial charge in [0.25, 0.3) is 5.56 Å². The van der Waals surface area contributed by atoms with Gasteiger partial charge in [0.2, 0.25) is 5.75 Å². The topological polar surface area (TPSA) is 67.9 Å². The Morgan fingerprint density at radius 1 is 1.07 bits per heavy atom. The lowest BCUT2D eigenvalue weighted by Crippen LogP contribution is -2.36. The maximum absolute atomic E-state index is 14.1. The van der Waals surface area contributed by atoms with Gasteiger partial charge in [-0.15, -0.1) is 0 Å². The van der Waals surface area contributed by atoms with Gasteiger partial charge in [0, 0.05) is 11.4 Å². The standard InChI is InChI=1S/C15H6Cl2F5N3O2S/c16-7-2-1-6(5-8(7)17)27-10-11(14(18,19)15(20,21)22)23-12(24-13(10)26)9-3-4-28-25-9/h1-5H,(H,23,24,26). The first kappa shape index (κ1) is 20.5. The summed E-state index contributed by atoms with van der Waals surface area (Å²) >= 11 is 12.4. The highest BCUT2D eigenvalue weighted by Crippen LogP contribution is 2.46. The first-order valence-corrected chi connectivity index (χ1v) is 8.73. The van der Waals surface area contributed by atoms with Crippen LogP contribution in [0.3, 0.4) is 0 Å². The third kappa shape index (κ3) is 3.82. The van der Waals surface area contributed by atoms with Crippen molar-refractivity contribution in [3.8, 4) is 23.0 Å². The molecule has 13 heteroatoms. The summed E-state index contributed by atoms with van der Waals surface area (Å²) in [5.74, 6) is -7.66. The molecule has 28 heavy (non-hydrogen) atoms. The second-order valence-corrected chi connectivity index (χ2v) is 6.71. The Labute approximate surface area is 166 Å². The number of nitrogens with zero attached hydrogens (tertiary/aromatic N) is 2. The van der Waals surface area contributed by atoms with Crippen LogP contribution in [0.4, 0.5) is 22.0 Å². The van der Waals surface area contributed by atoms with E-state index in [0.29, 0.717) is 0 Å². The van der Waals surface area contributed by atoms with Crippen LogP contribution in [0, 0.1) is 0 Å². The zero-order chi connectivity index (χ0) is 20.7. The number of aromatic amines is 1. The highest BCUT2D eigenvalue weighted by atomic mass is 35.5. The Kier molecular flexibility index (Phi) is 5.34. The number of H-pyrrole nitrogens is 1. The third-order valence-electron chi connectivity index (χ3n) is 3.32. The Hall–Kier alpha value is -2.24. The molecule has 0 amide bonds. The molecule has 0 saturated carbocycles. The molecule has 0 bridgehead atoms. The van der Waals surface area contributed by atoms with Gasteiger partial charge in [-0.1, -0.05) is 23.2 Å². The van der Waals surface area contributed by atoms with Crippen molar-refractivity contribution in [2.75, 3.05) is 0 Å². The highest BCUT2D eigenvalue weighted by molar-refractivity contribution is 7.03. The summed E-state index contributed by atoms with van der Waals surface area (Å²) < 4.78 is 75.8. The molecule has 0 radical (unpaired) electrons. The fourth-order valence-corrected chi connectivity index (χ4v) is 2.82. The number of hydrogen-bond donors (Lipinski definition) is 1. The van der Waals surface area contributed by atoms with Gasteiger partial charge in [0.15, 0.2) is 11.5 Å². The van der Waals surface area contributed by atoms with Crippen LogP contribution in [0.25, 0.3) is 11.5 Å². The lowest BCUT2D eigenvalue weighted by molar-refractivity contribution is -0.291. The van der Waals surface area contributed by atoms with Crippen LogP contribution in [0.2, 0.25) is 10.0 Å². The zero-order valence-electron chi connectivity index (χ0n) is 13.2. The van der Waals surface area contributed by atoms with Crippen LogP contribution in [-0.2, 0) is 5.92 Å². The monoisotopic (exact) mass is 457 g/mol. The number of ether oxygens (including phenoxy) is 1. The predicted molar refractivity (Wildman–Crippen MR) is 92.5 cm³/mol. The van der Waals surface area contributed by atoms with Gasteiger partial charge in [-0.25, -0.2) is 4.98 Å². The molecule has 2 heterocycles. The minimum atomic E-state index is -6.02. The minimum Gasteiger partial charge on any atom is -0.449 e. The molecule has 2 aromatic heterocycles. The van der Waals surface area contributed by atoms with E-state index in [0.717, 1.165) is 23.7 Å². The first-order valence-electron chi connectivity index (χ1n) is 7.13. The van der Waals surface area contributed by atoms with Crippen LogP contribution in [0.1, 0.15) is 5.69 Å². The molecule has 1 aromatic carbocycles. The van der Waals surface area contributed by atoms with Crippen LogP contribution in [0.5, 0.6) is 11.5 Å². The maximum Gasteiger partial charge on any atom is 0.459 e. The maximum atomic E-state index is 14.1. The van der Waals surface area contributed by atoms with Gasteiger partial charge in [-0.05, 0) is 29.7 Å². The van der Waals surface area contributed by atoms with E-state index in [2.05, 4.69) is 14.3 Å². The fourth-order valence-electron chi connectivity index (χ4n) is 2.02.